The largest absolute Gasteiger partial charge is 0.459 e. The maximum absolute atomic E-state index is 12.8. The molecule has 0 spiro atoms. The zero-order valence-electron chi connectivity index (χ0n) is 23.5. The molecule has 0 aliphatic carbocycles. The monoisotopic (exact) mass is 489 g/mol. The summed E-state index contributed by atoms with van der Waals surface area (Å²) in [6, 6.07) is 0. The lowest BCUT2D eigenvalue weighted by Gasteiger charge is -2.41. The molecule has 0 aromatic carbocycles. The Balaban J connectivity index is 0. The van der Waals surface area contributed by atoms with Crippen LogP contribution in [0.5, 0.6) is 0 Å². The predicted octanol–water partition coefficient (Wildman–Crippen LogP) is 4.62. The lowest BCUT2D eigenvalue weighted by atomic mass is 9.74. The van der Waals surface area contributed by atoms with Gasteiger partial charge in [-0.1, -0.05) is 60.5 Å². The van der Waals surface area contributed by atoms with Gasteiger partial charge in [-0.3, -0.25) is 9.59 Å². The number of esters is 1. The van der Waals surface area contributed by atoms with E-state index >= 15 is 0 Å². The van der Waals surface area contributed by atoms with Crippen LogP contribution in [-0.4, -0.2) is 63.4 Å². The molecule has 8 atom stereocenters. The van der Waals surface area contributed by atoms with Crippen LogP contribution < -0.4 is 0 Å². The second-order valence-electron chi connectivity index (χ2n) is 9.23. The van der Waals surface area contributed by atoms with Crippen molar-refractivity contribution in [2.45, 2.75) is 119 Å². The molecule has 1 aliphatic heterocycles. The van der Waals surface area contributed by atoms with Gasteiger partial charge in [-0.15, -0.1) is 0 Å². The van der Waals surface area contributed by atoms with Crippen LogP contribution in [0.25, 0.3) is 0 Å². The van der Waals surface area contributed by atoms with Gasteiger partial charge in [0.25, 0.3) is 0 Å². The van der Waals surface area contributed by atoms with Gasteiger partial charge in [0.05, 0.1) is 17.4 Å². The molecule has 8 nitrogen and oxygen atoms in total. The molecule has 3 unspecified atom stereocenters. The second kappa shape index (κ2) is 15.5. The number of ketones is 1. The van der Waals surface area contributed by atoms with Crippen molar-refractivity contribution >= 4 is 17.5 Å². The molecular formula is C26H51NO7. The second-order valence-corrected chi connectivity index (χ2v) is 9.23. The Morgan fingerprint density at radius 3 is 2.00 bits per heavy atom. The molecule has 0 radical (unpaired) electrons. The van der Waals surface area contributed by atoms with Gasteiger partial charge in [-0.25, -0.2) is 0 Å². The van der Waals surface area contributed by atoms with Crippen LogP contribution in [-0.2, 0) is 19.1 Å². The van der Waals surface area contributed by atoms with Gasteiger partial charge >= 0.3 is 5.97 Å². The Hall–Kier alpha value is -1.51. The first kappa shape index (κ1) is 34.7. The molecule has 8 heteroatoms. The Morgan fingerprint density at radius 2 is 1.59 bits per heavy atom. The lowest BCUT2D eigenvalue weighted by Crippen LogP contribution is -2.56. The highest BCUT2D eigenvalue weighted by Gasteiger charge is 2.47. The summed E-state index contributed by atoms with van der Waals surface area (Å²) in [5, 5.41) is 35.1. The van der Waals surface area contributed by atoms with Crippen molar-refractivity contribution in [3.05, 3.63) is 0 Å². The van der Waals surface area contributed by atoms with E-state index in [9.17, 15) is 25.0 Å². The number of carbonyl (C=O) groups excluding carboxylic acids is 2. The van der Waals surface area contributed by atoms with Gasteiger partial charge in [-0.05, 0) is 39.5 Å². The van der Waals surface area contributed by atoms with E-state index in [0.29, 0.717) is 12.1 Å². The Kier molecular flexibility index (Phi) is 15.8. The number of carbonyl (C=O) groups is 2. The number of hydrogen-bond donors (Lipinski definition) is 3. The molecule has 0 amide bonds. The average molecular weight is 490 g/mol. The van der Waals surface area contributed by atoms with Crippen molar-refractivity contribution in [3.63, 3.8) is 0 Å². The van der Waals surface area contributed by atoms with Gasteiger partial charge in [0.15, 0.2) is 0 Å². The SMILES string of the molecule is CC.CC.CC[C@H]1OC(=O)C(C)C(=O)C[C@@H](C)[C@](C)(OC)C[C@@H](C)/C(=N\O)C(C)C(O)[C@]1(C)O. The molecule has 1 rings (SSSR count). The number of aliphatic hydroxyl groups is 2. The summed E-state index contributed by atoms with van der Waals surface area (Å²) in [5.41, 5.74) is -2.25. The first-order valence-corrected chi connectivity index (χ1v) is 12.7. The van der Waals surface area contributed by atoms with Gasteiger partial charge < -0.3 is 24.9 Å². The fourth-order valence-corrected chi connectivity index (χ4v) is 4.38. The zero-order valence-corrected chi connectivity index (χ0v) is 23.5. The van der Waals surface area contributed by atoms with Gasteiger partial charge in [0.1, 0.15) is 23.4 Å². The zero-order chi connectivity index (χ0) is 27.4. The fraction of sp³-hybridized carbons (Fsp3) is 0.885. The molecule has 1 fully saturated rings. The standard InChI is InChI=1S/C22H39NO7.2C2H6/c1-9-17-22(7,27)19(25)15(5)18(23-28)12(2)11-21(6,29-8)13(3)10-16(24)14(4)20(26)30-17;2*1-2/h12-15,17,19,25,27-28H,9-11H2,1-8H3;2*1-2H3/b23-18+;;/t12-,13-,14?,15?,17-,19?,21-,22-;;/m1../s1. The lowest BCUT2D eigenvalue weighted by molar-refractivity contribution is -0.186. The third-order valence-corrected chi connectivity index (χ3v) is 7.00. The smallest absolute Gasteiger partial charge is 0.316 e. The number of methoxy groups -OCH3 is 1. The number of rotatable bonds is 2. The fourth-order valence-electron chi connectivity index (χ4n) is 4.38. The summed E-state index contributed by atoms with van der Waals surface area (Å²) in [6.07, 6.45) is -1.62. The molecule has 1 heterocycles. The van der Waals surface area contributed by atoms with E-state index in [0.717, 1.165) is 0 Å². The predicted molar refractivity (Wildman–Crippen MR) is 135 cm³/mol. The normalized spacial score (nSPS) is 39.1. The van der Waals surface area contributed by atoms with Crippen LogP contribution in [0.2, 0.25) is 0 Å². The molecule has 1 saturated heterocycles. The Labute approximate surface area is 207 Å². The highest BCUT2D eigenvalue weighted by atomic mass is 16.6. The Morgan fingerprint density at radius 1 is 1.09 bits per heavy atom. The molecule has 1 aliphatic rings. The van der Waals surface area contributed by atoms with Crippen LogP contribution in [0.4, 0.5) is 0 Å². The van der Waals surface area contributed by atoms with Crippen molar-refractivity contribution in [1.29, 1.82) is 0 Å². The maximum atomic E-state index is 12.8. The van der Waals surface area contributed by atoms with Crippen LogP contribution in [0.3, 0.4) is 0 Å². The summed E-state index contributed by atoms with van der Waals surface area (Å²) in [5.74, 6) is -3.25. The maximum Gasteiger partial charge on any atom is 0.316 e. The number of hydrogen-bond acceptors (Lipinski definition) is 8. The first-order valence-electron chi connectivity index (χ1n) is 12.7. The van der Waals surface area contributed by atoms with E-state index in [1.807, 2.05) is 48.5 Å². The summed E-state index contributed by atoms with van der Waals surface area (Å²) >= 11 is 0. The van der Waals surface area contributed by atoms with Gasteiger partial charge in [0, 0.05) is 25.4 Å². The molecule has 34 heavy (non-hydrogen) atoms. The quantitative estimate of drug-likeness (QED) is 0.224. The molecular weight excluding hydrogens is 438 g/mol. The molecule has 3 N–H and O–H groups in total. The third-order valence-electron chi connectivity index (χ3n) is 7.00. The van der Waals surface area contributed by atoms with Crippen LogP contribution in [0.1, 0.15) is 95.4 Å². The molecule has 0 saturated carbocycles. The Bertz CT molecular complexity index is 649. The number of aliphatic hydroxyl groups excluding tert-OH is 1. The highest BCUT2D eigenvalue weighted by Crippen LogP contribution is 2.36. The van der Waals surface area contributed by atoms with E-state index in [2.05, 4.69) is 5.16 Å². The molecule has 202 valence electrons. The topological polar surface area (TPSA) is 126 Å². The molecule has 0 bridgehead atoms. The van der Waals surface area contributed by atoms with Gasteiger partial charge in [0.2, 0.25) is 0 Å². The van der Waals surface area contributed by atoms with Crippen molar-refractivity contribution in [1.82, 2.24) is 0 Å². The van der Waals surface area contributed by atoms with Crippen LogP contribution in [0.15, 0.2) is 5.16 Å². The van der Waals surface area contributed by atoms with Crippen LogP contribution in [0, 0.1) is 23.7 Å². The van der Waals surface area contributed by atoms with E-state index in [4.69, 9.17) is 9.47 Å². The summed E-state index contributed by atoms with van der Waals surface area (Å²) < 4.78 is 11.2. The van der Waals surface area contributed by atoms with Crippen molar-refractivity contribution < 1.29 is 34.5 Å². The summed E-state index contributed by atoms with van der Waals surface area (Å²) in [7, 11) is 1.55. The average Bonchev–Trinajstić information content (AvgIpc) is 2.83. The van der Waals surface area contributed by atoms with Crippen molar-refractivity contribution in [2.75, 3.05) is 7.11 Å². The van der Waals surface area contributed by atoms with Gasteiger partial charge in [-0.2, -0.15) is 0 Å². The summed E-state index contributed by atoms with van der Waals surface area (Å²) in [6.45, 7) is 19.9. The van der Waals surface area contributed by atoms with Crippen molar-refractivity contribution in [2.24, 2.45) is 28.8 Å². The minimum Gasteiger partial charge on any atom is -0.459 e. The number of cyclic esters (lactones) is 1. The molecule has 0 aromatic rings. The third kappa shape index (κ3) is 8.31. The summed E-state index contributed by atoms with van der Waals surface area (Å²) in [4.78, 5) is 25.4. The first-order chi connectivity index (χ1) is 15.8. The van der Waals surface area contributed by atoms with E-state index in [1.54, 1.807) is 21.0 Å². The van der Waals surface area contributed by atoms with E-state index in [-0.39, 0.29) is 30.5 Å². The van der Waals surface area contributed by atoms with E-state index < -0.39 is 41.2 Å². The van der Waals surface area contributed by atoms with Crippen LogP contribution >= 0.6 is 0 Å². The number of oxime groups is 1. The minimum absolute atomic E-state index is 0.115. The van der Waals surface area contributed by atoms with E-state index in [1.165, 1.54) is 13.8 Å². The molecule has 0 aromatic heterocycles. The minimum atomic E-state index is -1.82. The highest BCUT2D eigenvalue weighted by molar-refractivity contribution is 5.98. The number of Topliss-reactive ketones (excluding diaryl/α,β-unsaturated/α-hetero) is 1. The number of ether oxygens (including phenoxy) is 2. The van der Waals surface area contributed by atoms with Crippen molar-refractivity contribution in [3.8, 4) is 0 Å². The number of nitrogens with zero attached hydrogens (tertiary/aromatic N) is 1.